The van der Waals surface area contributed by atoms with E-state index in [2.05, 4.69) is 20.6 Å². The average Bonchev–Trinajstić information content (AvgIpc) is 3.30. The van der Waals surface area contributed by atoms with E-state index in [1.54, 1.807) is 29.5 Å². The molecule has 0 aliphatic carbocycles. The highest BCUT2D eigenvalue weighted by molar-refractivity contribution is 7.07. The summed E-state index contributed by atoms with van der Waals surface area (Å²) >= 11 is 1.64. The molecule has 7 heteroatoms. The van der Waals surface area contributed by atoms with Gasteiger partial charge in [0.1, 0.15) is 0 Å². The number of hydrogen-bond acceptors (Lipinski definition) is 6. The molecule has 1 aromatic carbocycles. The molecule has 0 saturated carbocycles. The van der Waals surface area contributed by atoms with E-state index in [-0.39, 0.29) is 12.7 Å². The first kappa shape index (κ1) is 16.4. The van der Waals surface area contributed by atoms with Crippen molar-refractivity contribution in [2.75, 3.05) is 26.4 Å². The number of nitrogens with zero attached hydrogens (tertiary/aromatic N) is 2. The molecule has 1 saturated heterocycles. The number of nitrogens with one attached hydrogen (secondary N) is 1. The summed E-state index contributed by atoms with van der Waals surface area (Å²) in [6.45, 7) is 3.91. The van der Waals surface area contributed by atoms with E-state index in [0.29, 0.717) is 29.5 Å². The van der Waals surface area contributed by atoms with Crippen LogP contribution >= 0.6 is 11.3 Å². The Labute approximate surface area is 150 Å². The van der Waals surface area contributed by atoms with Gasteiger partial charge in [0.2, 0.25) is 6.79 Å². The minimum atomic E-state index is -0.0603. The number of rotatable bonds is 5. The van der Waals surface area contributed by atoms with Crippen molar-refractivity contribution in [1.82, 2.24) is 15.2 Å². The largest absolute Gasteiger partial charge is 0.454 e. The van der Waals surface area contributed by atoms with E-state index < -0.39 is 0 Å². The maximum atomic E-state index is 12.4. The average molecular weight is 359 g/mol. The third kappa shape index (κ3) is 3.93. The summed E-state index contributed by atoms with van der Waals surface area (Å²) in [5.74, 6) is 1.75. The summed E-state index contributed by atoms with van der Waals surface area (Å²) in [7, 11) is 0. The van der Waals surface area contributed by atoms with E-state index in [1.807, 2.05) is 5.51 Å². The van der Waals surface area contributed by atoms with E-state index in [4.69, 9.17) is 9.47 Å². The van der Waals surface area contributed by atoms with Crippen molar-refractivity contribution < 1.29 is 14.3 Å². The zero-order valence-electron chi connectivity index (χ0n) is 13.9. The van der Waals surface area contributed by atoms with Crippen LogP contribution in [0.3, 0.4) is 0 Å². The lowest BCUT2D eigenvalue weighted by Gasteiger charge is -2.32. The fourth-order valence-electron chi connectivity index (χ4n) is 3.38. The van der Waals surface area contributed by atoms with Crippen LogP contribution in [0, 0.1) is 5.92 Å². The zero-order chi connectivity index (χ0) is 17.1. The number of fused-ring (bicyclic) bond motifs is 1. The molecule has 0 spiro atoms. The van der Waals surface area contributed by atoms with Crippen LogP contribution in [-0.2, 0) is 6.54 Å². The van der Waals surface area contributed by atoms with Gasteiger partial charge in [0, 0.05) is 30.6 Å². The molecule has 0 radical (unpaired) electrons. The van der Waals surface area contributed by atoms with Crippen LogP contribution in [-0.4, -0.2) is 42.2 Å². The van der Waals surface area contributed by atoms with Crippen molar-refractivity contribution >= 4 is 17.2 Å². The van der Waals surface area contributed by atoms with Gasteiger partial charge in [-0.1, -0.05) is 0 Å². The first-order valence-electron chi connectivity index (χ1n) is 8.55. The molecule has 1 atom stereocenters. The van der Waals surface area contributed by atoms with Crippen molar-refractivity contribution in [2.24, 2.45) is 5.92 Å². The molecule has 132 valence electrons. The molecule has 1 N–H and O–H groups in total. The predicted octanol–water partition coefficient (Wildman–Crippen LogP) is 2.51. The van der Waals surface area contributed by atoms with Gasteiger partial charge in [-0.3, -0.25) is 9.69 Å². The number of ether oxygens (including phenoxy) is 2. The van der Waals surface area contributed by atoms with Crippen molar-refractivity contribution in [2.45, 2.75) is 19.4 Å². The molecule has 4 rings (SSSR count). The highest BCUT2D eigenvalue weighted by Crippen LogP contribution is 2.32. The fraction of sp³-hybridized carbons (Fsp3) is 0.444. The van der Waals surface area contributed by atoms with E-state index in [9.17, 15) is 4.79 Å². The molecule has 1 aromatic heterocycles. The van der Waals surface area contributed by atoms with Crippen LogP contribution < -0.4 is 14.8 Å². The molecule has 0 bridgehead atoms. The Morgan fingerprint density at radius 2 is 2.28 bits per heavy atom. The lowest BCUT2D eigenvalue weighted by Crippen LogP contribution is -2.40. The van der Waals surface area contributed by atoms with Crippen LogP contribution in [0.25, 0.3) is 0 Å². The van der Waals surface area contributed by atoms with Crippen LogP contribution in [0.1, 0.15) is 28.9 Å². The Morgan fingerprint density at radius 3 is 3.16 bits per heavy atom. The maximum Gasteiger partial charge on any atom is 0.251 e. The summed E-state index contributed by atoms with van der Waals surface area (Å²) < 4.78 is 10.6. The summed E-state index contributed by atoms with van der Waals surface area (Å²) in [4.78, 5) is 19.2. The number of carbonyl (C=O) groups excluding carboxylic acids is 1. The van der Waals surface area contributed by atoms with Gasteiger partial charge in [0.25, 0.3) is 5.91 Å². The number of hydrogen-bond donors (Lipinski definition) is 1. The van der Waals surface area contributed by atoms with Gasteiger partial charge in [-0.2, -0.15) is 0 Å². The van der Waals surface area contributed by atoms with Gasteiger partial charge in [0.05, 0.1) is 11.2 Å². The zero-order valence-corrected chi connectivity index (χ0v) is 14.8. The second kappa shape index (κ2) is 7.41. The monoisotopic (exact) mass is 359 g/mol. The highest BCUT2D eigenvalue weighted by Gasteiger charge is 2.22. The Balaban J connectivity index is 1.29. The van der Waals surface area contributed by atoms with Crippen molar-refractivity contribution in [3.63, 3.8) is 0 Å². The SMILES string of the molecule is O=C(NCC1CCCN(Cc2cscn2)C1)c1ccc2c(c1)OCO2. The van der Waals surface area contributed by atoms with E-state index in [1.165, 1.54) is 0 Å². The Kier molecular flexibility index (Phi) is 4.85. The molecule has 2 aliphatic heterocycles. The van der Waals surface area contributed by atoms with Crippen molar-refractivity contribution in [3.05, 3.63) is 40.3 Å². The number of amides is 1. The molecular formula is C18H21N3O3S. The van der Waals surface area contributed by atoms with Gasteiger partial charge in [0.15, 0.2) is 11.5 Å². The first-order valence-corrected chi connectivity index (χ1v) is 9.49. The molecule has 1 fully saturated rings. The quantitative estimate of drug-likeness (QED) is 0.889. The number of piperidine rings is 1. The molecule has 25 heavy (non-hydrogen) atoms. The fourth-order valence-corrected chi connectivity index (χ4v) is 3.93. The molecule has 2 aliphatic rings. The third-order valence-corrected chi connectivity index (χ3v) is 5.29. The molecular weight excluding hydrogens is 338 g/mol. The molecule has 1 unspecified atom stereocenters. The summed E-state index contributed by atoms with van der Waals surface area (Å²) in [6.07, 6.45) is 2.31. The number of aromatic nitrogens is 1. The minimum Gasteiger partial charge on any atom is -0.454 e. The molecule has 6 nitrogen and oxygen atoms in total. The third-order valence-electron chi connectivity index (χ3n) is 4.66. The summed E-state index contributed by atoms with van der Waals surface area (Å²) in [5, 5.41) is 5.17. The maximum absolute atomic E-state index is 12.4. The van der Waals surface area contributed by atoms with Gasteiger partial charge in [-0.25, -0.2) is 4.98 Å². The van der Waals surface area contributed by atoms with Gasteiger partial charge < -0.3 is 14.8 Å². The number of likely N-dealkylation sites (tertiary alicyclic amines) is 1. The van der Waals surface area contributed by atoms with Crippen LogP contribution in [0.4, 0.5) is 0 Å². The Hall–Kier alpha value is -2.12. The first-order chi connectivity index (χ1) is 12.3. The molecule has 2 aromatic rings. The number of benzene rings is 1. The summed E-state index contributed by atoms with van der Waals surface area (Å²) in [6, 6.07) is 5.30. The standard InChI is InChI=1S/C18H21N3O3S/c22-18(14-3-4-16-17(6-14)24-12-23-16)19-7-13-2-1-5-21(8-13)9-15-10-25-11-20-15/h3-4,6,10-11,13H,1-2,5,7-9,12H2,(H,19,22). The summed E-state index contributed by atoms with van der Waals surface area (Å²) in [5.41, 5.74) is 3.62. The molecule has 3 heterocycles. The Bertz CT molecular complexity index is 735. The lowest BCUT2D eigenvalue weighted by molar-refractivity contribution is 0.0930. The van der Waals surface area contributed by atoms with E-state index >= 15 is 0 Å². The van der Waals surface area contributed by atoms with Crippen molar-refractivity contribution in [1.29, 1.82) is 0 Å². The molecule has 1 amide bonds. The smallest absolute Gasteiger partial charge is 0.251 e. The van der Waals surface area contributed by atoms with Crippen LogP contribution in [0.2, 0.25) is 0 Å². The highest BCUT2D eigenvalue weighted by atomic mass is 32.1. The second-order valence-electron chi connectivity index (χ2n) is 6.50. The van der Waals surface area contributed by atoms with Gasteiger partial charge >= 0.3 is 0 Å². The lowest BCUT2D eigenvalue weighted by atomic mass is 9.97. The van der Waals surface area contributed by atoms with Crippen molar-refractivity contribution in [3.8, 4) is 11.5 Å². The predicted molar refractivity (Wildman–Crippen MR) is 95.0 cm³/mol. The van der Waals surface area contributed by atoms with Gasteiger partial charge in [-0.15, -0.1) is 11.3 Å². The minimum absolute atomic E-state index is 0.0603. The van der Waals surface area contributed by atoms with Crippen LogP contribution in [0.15, 0.2) is 29.1 Å². The normalized spacial score (nSPS) is 19.8. The van der Waals surface area contributed by atoms with Gasteiger partial charge in [-0.05, 0) is 43.5 Å². The van der Waals surface area contributed by atoms with E-state index in [0.717, 1.165) is 38.2 Å². The number of thiazole rings is 1. The topological polar surface area (TPSA) is 63.7 Å². The van der Waals surface area contributed by atoms with Crippen LogP contribution in [0.5, 0.6) is 11.5 Å². The second-order valence-corrected chi connectivity index (χ2v) is 7.22. The Morgan fingerprint density at radius 1 is 1.36 bits per heavy atom. The number of carbonyl (C=O) groups is 1.